The second-order valence-electron chi connectivity index (χ2n) is 6.67. The van der Waals surface area contributed by atoms with Gasteiger partial charge in [0.2, 0.25) is 5.43 Å². The minimum absolute atomic E-state index is 0.110. The summed E-state index contributed by atoms with van der Waals surface area (Å²) < 4.78 is 10.7. The number of aromatic nitrogens is 1. The number of rotatable bonds is 3. The molecule has 2 heterocycles. The molecule has 1 aromatic heterocycles. The summed E-state index contributed by atoms with van der Waals surface area (Å²) in [5.74, 6) is 0.987. The highest BCUT2D eigenvalue weighted by atomic mass is 35.5. The van der Waals surface area contributed by atoms with Gasteiger partial charge in [-0.15, -0.1) is 0 Å². The lowest BCUT2D eigenvalue weighted by Crippen LogP contribution is -2.38. The van der Waals surface area contributed by atoms with Crippen molar-refractivity contribution in [2.45, 2.75) is 13.0 Å². The van der Waals surface area contributed by atoms with Crippen molar-refractivity contribution in [3.63, 3.8) is 0 Å². The number of methoxy groups -OCH3 is 2. The minimum atomic E-state index is -0.320. The van der Waals surface area contributed by atoms with Crippen molar-refractivity contribution in [3.8, 4) is 11.5 Å². The molecular weight excluding hydrogens is 380 g/mol. The van der Waals surface area contributed by atoms with Crippen LogP contribution < -0.4 is 14.9 Å². The molecule has 6 nitrogen and oxygen atoms in total. The average Bonchev–Trinajstić information content (AvgIpc) is 2.72. The van der Waals surface area contributed by atoms with Crippen LogP contribution in [0.3, 0.4) is 0 Å². The van der Waals surface area contributed by atoms with Gasteiger partial charge in [-0.2, -0.15) is 0 Å². The molecule has 3 aromatic rings. The van der Waals surface area contributed by atoms with E-state index in [-0.39, 0.29) is 16.9 Å². The number of ether oxygens (including phenoxy) is 2. The maximum atomic E-state index is 13.1. The van der Waals surface area contributed by atoms with E-state index in [1.165, 1.54) is 6.20 Å². The Balaban J connectivity index is 1.68. The third kappa shape index (κ3) is 3.10. The van der Waals surface area contributed by atoms with Gasteiger partial charge in [-0.25, -0.2) is 0 Å². The zero-order valence-corrected chi connectivity index (χ0v) is 16.3. The molecule has 1 amide bonds. The minimum Gasteiger partial charge on any atom is -0.493 e. The first-order valence-corrected chi connectivity index (χ1v) is 9.23. The standard InChI is InChI=1S/C21H19ClN2O4/c1-27-18-7-12-5-6-24(11-13(12)8-19(18)28-2)21(26)16-10-23-17-4-3-14(22)9-15(17)20(16)25/h3-4,7-10H,5-6,11H2,1-2H3,(H,23,25). The second kappa shape index (κ2) is 7.20. The molecule has 0 bridgehead atoms. The van der Waals surface area contributed by atoms with Crippen LogP contribution in [0, 0.1) is 0 Å². The molecule has 7 heteroatoms. The van der Waals surface area contributed by atoms with Crippen LogP contribution in [-0.2, 0) is 13.0 Å². The maximum Gasteiger partial charge on any atom is 0.259 e. The summed E-state index contributed by atoms with van der Waals surface area (Å²) >= 11 is 6.01. The quantitative estimate of drug-likeness (QED) is 0.734. The molecule has 0 unspecified atom stereocenters. The first kappa shape index (κ1) is 18.4. The molecule has 0 saturated carbocycles. The zero-order valence-electron chi connectivity index (χ0n) is 15.5. The van der Waals surface area contributed by atoms with Crippen LogP contribution in [0.2, 0.25) is 5.02 Å². The molecule has 28 heavy (non-hydrogen) atoms. The fraction of sp³-hybridized carbons (Fsp3) is 0.238. The number of amides is 1. The zero-order chi connectivity index (χ0) is 19.8. The summed E-state index contributed by atoms with van der Waals surface area (Å²) in [4.78, 5) is 30.6. The van der Waals surface area contributed by atoms with E-state index < -0.39 is 0 Å². The number of nitrogens with one attached hydrogen (secondary N) is 1. The lowest BCUT2D eigenvalue weighted by Gasteiger charge is -2.29. The van der Waals surface area contributed by atoms with Crippen LogP contribution in [0.25, 0.3) is 10.9 Å². The summed E-state index contributed by atoms with van der Waals surface area (Å²) in [7, 11) is 3.18. The number of hydrogen-bond donors (Lipinski definition) is 1. The highest BCUT2D eigenvalue weighted by molar-refractivity contribution is 6.31. The predicted molar refractivity (Wildman–Crippen MR) is 108 cm³/mol. The molecule has 1 aliphatic heterocycles. The number of aromatic amines is 1. The van der Waals surface area contributed by atoms with Crippen molar-refractivity contribution in [1.82, 2.24) is 9.88 Å². The molecule has 4 rings (SSSR count). The molecule has 1 aliphatic rings. The topological polar surface area (TPSA) is 71.6 Å². The molecule has 0 spiro atoms. The number of fused-ring (bicyclic) bond motifs is 2. The van der Waals surface area contributed by atoms with E-state index in [1.807, 2.05) is 12.1 Å². The molecule has 2 aromatic carbocycles. The fourth-order valence-electron chi connectivity index (χ4n) is 3.58. The third-order valence-corrected chi connectivity index (χ3v) is 5.31. The van der Waals surface area contributed by atoms with E-state index in [4.69, 9.17) is 21.1 Å². The van der Waals surface area contributed by atoms with E-state index in [0.29, 0.717) is 46.9 Å². The molecule has 0 saturated heterocycles. The van der Waals surface area contributed by atoms with Crippen molar-refractivity contribution in [2.75, 3.05) is 20.8 Å². The Labute approximate surface area is 166 Å². The van der Waals surface area contributed by atoms with Crippen LogP contribution in [0.5, 0.6) is 11.5 Å². The van der Waals surface area contributed by atoms with Crippen LogP contribution in [-0.4, -0.2) is 36.6 Å². The maximum absolute atomic E-state index is 13.1. The SMILES string of the molecule is COc1cc2c(cc1OC)CN(C(=O)c1c[nH]c3ccc(Cl)cc3c1=O)CC2. The van der Waals surface area contributed by atoms with Crippen LogP contribution in [0.1, 0.15) is 21.5 Å². The number of hydrogen-bond acceptors (Lipinski definition) is 4. The number of halogens is 1. The highest BCUT2D eigenvalue weighted by Gasteiger charge is 2.25. The van der Waals surface area contributed by atoms with Crippen LogP contribution in [0.15, 0.2) is 41.3 Å². The number of carbonyl (C=O) groups is 1. The lowest BCUT2D eigenvalue weighted by atomic mass is 9.98. The molecule has 1 N–H and O–H groups in total. The lowest BCUT2D eigenvalue weighted by molar-refractivity contribution is 0.0733. The van der Waals surface area contributed by atoms with Gasteiger partial charge in [0.05, 0.1) is 14.2 Å². The summed E-state index contributed by atoms with van der Waals surface area (Å²) in [6.07, 6.45) is 2.16. The summed E-state index contributed by atoms with van der Waals surface area (Å²) in [5.41, 5.74) is 2.53. The van der Waals surface area contributed by atoms with Gasteiger partial charge in [0, 0.05) is 35.2 Å². The Kier molecular flexibility index (Phi) is 4.73. The summed E-state index contributed by atoms with van der Waals surface area (Å²) in [6, 6.07) is 8.84. The first-order chi connectivity index (χ1) is 13.5. The second-order valence-corrected chi connectivity index (χ2v) is 7.11. The van der Waals surface area contributed by atoms with Crippen molar-refractivity contribution < 1.29 is 14.3 Å². The first-order valence-electron chi connectivity index (χ1n) is 8.86. The fourth-order valence-corrected chi connectivity index (χ4v) is 3.75. The highest BCUT2D eigenvalue weighted by Crippen LogP contribution is 2.33. The van der Waals surface area contributed by atoms with Crippen molar-refractivity contribution in [3.05, 3.63) is 68.5 Å². The molecule has 0 radical (unpaired) electrons. The van der Waals surface area contributed by atoms with Gasteiger partial charge < -0.3 is 19.4 Å². The normalized spacial score (nSPS) is 13.3. The number of nitrogens with zero attached hydrogens (tertiary/aromatic N) is 1. The van der Waals surface area contributed by atoms with Crippen molar-refractivity contribution >= 4 is 28.4 Å². The molecule has 0 aliphatic carbocycles. The number of carbonyl (C=O) groups excluding carboxylic acids is 1. The van der Waals surface area contributed by atoms with Gasteiger partial charge in [-0.1, -0.05) is 11.6 Å². The molecule has 0 atom stereocenters. The third-order valence-electron chi connectivity index (χ3n) is 5.08. The van der Waals surface area contributed by atoms with Gasteiger partial charge in [0.25, 0.3) is 5.91 Å². The summed E-state index contributed by atoms with van der Waals surface area (Å²) in [6.45, 7) is 0.926. The van der Waals surface area contributed by atoms with Gasteiger partial charge in [0.1, 0.15) is 5.56 Å². The van der Waals surface area contributed by atoms with E-state index >= 15 is 0 Å². The van der Waals surface area contributed by atoms with Crippen LogP contribution in [0.4, 0.5) is 0 Å². The number of benzene rings is 2. The summed E-state index contributed by atoms with van der Waals surface area (Å²) in [5, 5.41) is 0.859. The van der Waals surface area contributed by atoms with E-state index in [1.54, 1.807) is 37.3 Å². The largest absolute Gasteiger partial charge is 0.493 e. The van der Waals surface area contributed by atoms with E-state index in [9.17, 15) is 9.59 Å². The number of H-pyrrole nitrogens is 1. The molecule has 0 fully saturated rings. The van der Waals surface area contributed by atoms with E-state index in [2.05, 4.69) is 4.98 Å². The van der Waals surface area contributed by atoms with Gasteiger partial charge in [-0.05, 0) is 47.9 Å². The Bertz CT molecular complexity index is 1140. The Morgan fingerprint density at radius 1 is 1.11 bits per heavy atom. The number of pyridine rings is 1. The van der Waals surface area contributed by atoms with Gasteiger partial charge in [0.15, 0.2) is 11.5 Å². The Morgan fingerprint density at radius 3 is 2.54 bits per heavy atom. The van der Waals surface area contributed by atoms with Crippen LogP contribution >= 0.6 is 11.6 Å². The van der Waals surface area contributed by atoms with Crippen molar-refractivity contribution in [1.29, 1.82) is 0 Å². The Hall–Kier alpha value is -2.99. The average molecular weight is 399 g/mol. The smallest absolute Gasteiger partial charge is 0.259 e. The van der Waals surface area contributed by atoms with E-state index in [0.717, 1.165) is 11.1 Å². The molecular formula is C21H19ClN2O4. The predicted octanol–water partition coefficient (Wildman–Crippen LogP) is 3.40. The van der Waals surface area contributed by atoms with Gasteiger partial charge >= 0.3 is 0 Å². The monoisotopic (exact) mass is 398 g/mol. The molecule has 144 valence electrons. The van der Waals surface area contributed by atoms with Gasteiger partial charge in [-0.3, -0.25) is 9.59 Å². The Morgan fingerprint density at radius 2 is 1.82 bits per heavy atom. The van der Waals surface area contributed by atoms with Crippen molar-refractivity contribution in [2.24, 2.45) is 0 Å².